The second-order valence-corrected chi connectivity index (χ2v) is 7.37. The normalized spacial score (nSPS) is 16.0. The summed E-state index contributed by atoms with van der Waals surface area (Å²) >= 11 is 0. The van der Waals surface area contributed by atoms with Crippen LogP contribution in [0.25, 0.3) is 0 Å². The molecule has 128 valence electrons. The Morgan fingerprint density at radius 3 is 2.43 bits per heavy atom. The molecule has 1 heterocycles. The van der Waals surface area contributed by atoms with Gasteiger partial charge in [0, 0.05) is 51.1 Å². The number of nitrogens with one attached hydrogen (secondary N) is 1. The Morgan fingerprint density at radius 2 is 1.83 bits per heavy atom. The SMILES string of the molecule is Cc1ccc(C(C)(C)CN(C)CCC(=O)N2CCNCC2)cc1. The molecule has 1 aliphatic rings. The number of rotatable bonds is 6. The zero-order valence-electron chi connectivity index (χ0n) is 15.1. The van der Waals surface area contributed by atoms with E-state index in [2.05, 4.69) is 62.3 Å². The average Bonchev–Trinajstić information content (AvgIpc) is 2.53. The van der Waals surface area contributed by atoms with Crippen molar-refractivity contribution in [1.29, 1.82) is 0 Å². The molecule has 4 heteroatoms. The topological polar surface area (TPSA) is 35.6 Å². The van der Waals surface area contributed by atoms with Gasteiger partial charge in [-0.2, -0.15) is 0 Å². The average molecular weight is 317 g/mol. The Balaban J connectivity index is 1.82. The van der Waals surface area contributed by atoms with Crippen LogP contribution in [0.15, 0.2) is 24.3 Å². The van der Waals surface area contributed by atoms with E-state index in [4.69, 9.17) is 0 Å². The van der Waals surface area contributed by atoms with E-state index < -0.39 is 0 Å². The van der Waals surface area contributed by atoms with Gasteiger partial charge in [0.05, 0.1) is 0 Å². The summed E-state index contributed by atoms with van der Waals surface area (Å²) in [5, 5.41) is 3.28. The van der Waals surface area contributed by atoms with Gasteiger partial charge in [-0.25, -0.2) is 0 Å². The Morgan fingerprint density at radius 1 is 1.22 bits per heavy atom. The van der Waals surface area contributed by atoms with Crippen LogP contribution in [0.2, 0.25) is 0 Å². The van der Waals surface area contributed by atoms with Crippen molar-refractivity contribution in [2.24, 2.45) is 0 Å². The van der Waals surface area contributed by atoms with Gasteiger partial charge < -0.3 is 15.1 Å². The van der Waals surface area contributed by atoms with Crippen LogP contribution in [0, 0.1) is 6.92 Å². The molecule has 1 N–H and O–H groups in total. The number of nitrogens with zero attached hydrogens (tertiary/aromatic N) is 2. The second kappa shape index (κ2) is 7.93. The van der Waals surface area contributed by atoms with Crippen molar-refractivity contribution < 1.29 is 4.79 Å². The second-order valence-electron chi connectivity index (χ2n) is 7.37. The van der Waals surface area contributed by atoms with E-state index in [0.29, 0.717) is 6.42 Å². The fraction of sp³-hybridized carbons (Fsp3) is 0.632. The third kappa shape index (κ3) is 5.33. The largest absolute Gasteiger partial charge is 0.340 e. The molecule has 0 spiro atoms. The van der Waals surface area contributed by atoms with Crippen LogP contribution in [0.4, 0.5) is 0 Å². The number of hydrogen-bond donors (Lipinski definition) is 1. The molecule has 0 atom stereocenters. The third-order valence-corrected chi connectivity index (χ3v) is 4.68. The summed E-state index contributed by atoms with van der Waals surface area (Å²) in [7, 11) is 2.11. The molecule has 0 unspecified atom stereocenters. The predicted octanol–water partition coefficient (Wildman–Crippen LogP) is 2.03. The van der Waals surface area contributed by atoms with Gasteiger partial charge >= 0.3 is 0 Å². The number of carbonyl (C=O) groups excluding carboxylic acids is 1. The molecule has 1 aromatic carbocycles. The highest BCUT2D eigenvalue weighted by Crippen LogP contribution is 2.24. The predicted molar refractivity (Wildman–Crippen MR) is 95.8 cm³/mol. The lowest BCUT2D eigenvalue weighted by atomic mass is 9.84. The number of piperazine rings is 1. The first-order valence-corrected chi connectivity index (χ1v) is 8.63. The zero-order chi connectivity index (χ0) is 16.9. The van der Waals surface area contributed by atoms with Gasteiger partial charge in [0.2, 0.25) is 5.91 Å². The van der Waals surface area contributed by atoms with Crippen molar-refractivity contribution in [3.05, 3.63) is 35.4 Å². The maximum atomic E-state index is 12.2. The molecular formula is C19H31N3O. The van der Waals surface area contributed by atoms with Crippen molar-refractivity contribution >= 4 is 5.91 Å². The molecular weight excluding hydrogens is 286 g/mol. The van der Waals surface area contributed by atoms with E-state index in [1.54, 1.807) is 0 Å². The lowest BCUT2D eigenvalue weighted by molar-refractivity contribution is -0.132. The molecule has 1 amide bonds. The summed E-state index contributed by atoms with van der Waals surface area (Å²) in [6, 6.07) is 8.78. The lowest BCUT2D eigenvalue weighted by Crippen LogP contribution is -2.47. The van der Waals surface area contributed by atoms with Crippen LogP contribution in [0.1, 0.15) is 31.4 Å². The molecule has 1 aromatic rings. The molecule has 0 aromatic heterocycles. The molecule has 23 heavy (non-hydrogen) atoms. The van der Waals surface area contributed by atoms with Crippen LogP contribution >= 0.6 is 0 Å². The van der Waals surface area contributed by atoms with E-state index in [1.807, 2.05) is 4.90 Å². The quantitative estimate of drug-likeness (QED) is 0.872. The number of benzene rings is 1. The number of aryl methyl sites for hydroxylation is 1. The van der Waals surface area contributed by atoms with Crippen molar-refractivity contribution in [2.45, 2.75) is 32.6 Å². The maximum absolute atomic E-state index is 12.2. The molecule has 0 aliphatic carbocycles. The number of carbonyl (C=O) groups is 1. The van der Waals surface area contributed by atoms with Gasteiger partial charge in [-0.05, 0) is 19.5 Å². The van der Waals surface area contributed by atoms with Crippen LogP contribution < -0.4 is 5.32 Å². The summed E-state index contributed by atoms with van der Waals surface area (Å²) in [6.45, 7) is 11.9. The third-order valence-electron chi connectivity index (χ3n) is 4.68. The fourth-order valence-corrected chi connectivity index (χ4v) is 3.21. The monoisotopic (exact) mass is 317 g/mol. The highest BCUT2D eigenvalue weighted by atomic mass is 16.2. The zero-order valence-corrected chi connectivity index (χ0v) is 15.1. The van der Waals surface area contributed by atoms with E-state index in [1.165, 1.54) is 11.1 Å². The first-order valence-electron chi connectivity index (χ1n) is 8.63. The molecule has 0 bridgehead atoms. The number of hydrogen-bond acceptors (Lipinski definition) is 3. The smallest absolute Gasteiger partial charge is 0.223 e. The minimum atomic E-state index is 0.0839. The Bertz CT molecular complexity index is 504. The first kappa shape index (κ1) is 18.0. The van der Waals surface area contributed by atoms with Crippen LogP contribution in [-0.2, 0) is 10.2 Å². The molecule has 0 radical (unpaired) electrons. The summed E-state index contributed by atoms with van der Waals surface area (Å²) < 4.78 is 0. The molecule has 1 fully saturated rings. The van der Waals surface area contributed by atoms with E-state index in [9.17, 15) is 4.79 Å². The summed E-state index contributed by atoms with van der Waals surface area (Å²) in [6.07, 6.45) is 0.612. The van der Waals surface area contributed by atoms with E-state index >= 15 is 0 Å². The van der Waals surface area contributed by atoms with Gasteiger partial charge in [-0.1, -0.05) is 43.7 Å². The van der Waals surface area contributed by atoms with Crippen molar-refractivity contribution in [2.75, 3.05) is 46.3 Å². The van der Waals surface area contributed by atoms with Gasteiger partial charge in [0.25, 0.3) is 0 Å². The molecule has 2 rings (SSSR count). The standard InChI is InChI=1S/C19H31N3O/c1-16-5-7-17(8-6-16)19(2,3)15-21(4)12-9-18(23)22-13-10-20-11-14-22/h5-8,20H,9-15H2,1-4H3. The minimum absolute atomic E-state index is 0.0839. The van der Waals surface area contributed by atoms with Crippen molar-refractivity contribution in [3.8, 4) is 0 Å². The van der Waals surface area contributed by atoms with Gasteiger partial charge in [-0.3, -0.25) is 4.79 Å². The Hall–Kier alpha value is -1.39. The minimum Gasteiger partial charge on any atom is -0.340 e. The first-order chi connectivity index (χ1) is 10.9. The van der Waals surface area contributed by atoms with Crippen molar-refractivity contribution in [3.63, 3.8) is 0 Å². The lowest BCUT2D eigenvalue weighted by Gasteiger charge is -2.32. The Kier molecular flexibility index (Phi) is 6.19. The summed E-state index contributed by atoms with van der Waals surface area (Å²) in [5.41, 5.74) is 2.73. The maximum Gasteiger partial charge on any atom is 0.223 e. The Labute approximate surface area is 140 Å². The molecule has 4 nitrogen and oxygen atoms in total. The van der Waals surface area contributed by atoms with Gasteiger partial charge in [0.15, 0.2) is 0 Å². The molecule has 1 aliphatic heterocycles. The molecule has 0 saturated carbocycles. The van der Waals surface area contributed by atoms with Crippen LogP contribution in [0.5, 0.6) is 0 Å². The van der Waals surface area contributed by atoms with Crippen LogP contribution in [-0.4, -0.2) is 62.0 Å². The molecule has 1 saturated heterocycles. The fourth-order valence-electron chi connectivity index (χ4n) is 3.21. The van der Waals surface area contributed by atoms with Gasteiger partial charge in [-0.15, -0.1) is 0 Å². The summed E-state index contributed by atoms with van der Waals surface area (Å²) in [4.78, 5) is 16.5. The van der Waals surface area contributed by atoms with E-state index in [-0.39, 0.29) is 11.3 Å². The van der Waals surface area contributed by atoms with Crippen LogP contribution in [0.3, 0.4) is 0 Å². The number of amides is 1. The van der Waals surface area contributed by atoms with Gasteiger partial charge in [0.1, 0.15) is 0 Å². The highest BCUT2D eigenvalue weighted by Gasteiger charge is 2.23. The number of likely N-dealkylation sites (N-methyl/N-ethyl adjacent to an activating group) is 1. The summed E-state index contributed by atoms with van der Waals surface area (Å²) in [5.74, 6) is 0.284. The van der Waals surface area contributed by atoms with Crippen molar-refractivity contribution in [1.82, 2.24) is 15.1 Å². The van der Waals surface area contributed by atoms with E-state index in [0.717, 1.165) is 39.3 Å². The highest BCUT2D eigenvalue weighted by molar-refractivity contribution is 5.76.